The van der Waals surface area contributed by atoms with E-state index in [1.807, 2.05) is 26.2 Å². The van der Waals surface area contributed by atoms with Crippen LogP contribution in [-0.4, -0.2) is 28.9 Å². The third-order valence-electron chi connectivity index (χ3n) is 2.82. The van der Waals surface area contributed by atoms with Crippen molar-refractivity contribution in [3.63, 3.8) is 0 Å². The zero-order chi connectivity index (χ0) is 14.5. The van der Waals surface area contributed by atoms with E-state index in [1.54, 1.807) is 18.0 Å². The van der Waals surface area contributed by atoms with Crippen molar-refractivity contribution in [3.05, 3.63) is 34.9 Å². The third kappa shape index (κ3) is 3.20. The highest BCUT2D eigenvalue weighted by Gasteiger charge is 2.13. The Kier molecular flexibility index (Phi) is 4.81. The highest BCUT2D eigenvalue weighted by atomic mass is 35.5. The normalized spacial score (nSPS) is 10.6. The van der Waals surface area contributed by atoms with E-state index < -0.39 is 0 Å². The van der Waals surface area contributed by atoms with Crippen molar-refractivity contribution in [1.82, 2.24) is 20.1 Å². The average molecular weight is 297 g/mol. The predicted molar refractivity (Wildman–Crippen MR) is 76.1 cm³/mol. The Morgan fingerprint density at radius 3 is 2.80 bits per heavy atom. The Bertz CT molecular complexity index is 586. The SMILES string of the molecule is CNCc1cc(Cl)c(OCc2nncn2C)c(OC)c1. The van der Waals surface area contributed by atoms with Crippen molar-refractivity contribution in [2.45, 2.75) is 13.2 Å². The summed E-state index contributed by atoms with van der Waals surface area (Å²) in [6.07, 6.45) is 1.62. The molecule has 1 aromatic heterocycles. The topological polar surface area (TPSA) is 61.2 Å². The molecule has 20 heavy (non-hydrogen) atoms. The molecule has 0 aliphatic carbocycles. The van der Waals surface area contributed by atoms with E-state index in [4.69, 9.17) is 21.1 Å². The monoisotopic (exact) mass is 296 g/mol. The van der Waals surface area contributed by atoms with Gasteiger partial charge in [-0.15, -0.1) is 10.2 Å². The molecule has 108 valence electrons. The van der Waals surface area contributed by atoms with Gasteiger partial charge in [-0.1, -0.05) is 11.6 Å². The molecule has 1 N–H and O–H groups in total. The second-order valence-corrected chi connectivity index (χ2v) is 4.69. The average Bonchev–Trinajstić information content (AvgIpc) is 2.83. The van der Waals surface area contributed by atoms with Crippen LogP contribution in [0.25, 0.3) is 0 Å². The molecule has 0 atom stereocenters. The highest BCUT2D eigenvalue weighted by Crippen LogP contribution is 2.36. The van der Waals surface area contributed by atoms with Crippen molar-refractivity contribution in [1.29, 1.82) is 0 Å². The first kappa shape index (κ1) is 14.6. The van der Waals surface area contributed by atoms with Gasteiger partial charge < -0.3 is 19.4 Å². The second kappa shape index (κ2) is 6.58. The maximum atomic E-state index is 6.25. The lowest BCUT2D eigenvalue weighted by molar-refractivity contribution is 0.272. The van der Waals surface area contributed by atoms with Gasteiger partial charge in [0.25, 0.3) is 0 Å². The molecule has 1 heterocycles. The van der Waals surface area contributed by atoms with Crippen LogP contribution >= 0.6 is 11.6 Å². The number of halogens is 1. The summed E-state index contributed by atoms with van der Waals surface area (Å²) >= 11 is 6.25. The van der Waals surface area contributed by atoms with Gasteiger partial charge in [-0.05, 0) is 24.7 Å². The Morgan fingerprint density at radius 1 is 1.40 bits per heavy atom. The van der Waals surface area contributed by atoms with Crippen molar-refractivity contribution in [3.8, 4) is 11.5 Å². The summed E-state index contributed by atoms with van der Waals surface area (Å²) in [5.74, 6) is 1.82. The van der Waals surface area contributed by atoms with Crippen LogP contribution in [0.1, 0.15) is 11.4 Å². The first-order valence-electron chi connectivity index (χ1n) is 6.12. The van der Waals surface area contributed by atoms with Crippen LogP contribution in [0.3, 0.4) is 0 Å². The number of nitrogens with zero attached hydrogens (tertiary/aromatic N) is 3. The number of rotatable bonds is 6. The number of ether oxygens (including phenoxy) is 2. The molecule has 7 heteroatoms. The zero-order valence-corrected chi connectivity index (χ0v) is 12.4. The summed E-state index contributed by atoms with van der Waals surface area (Å²) in [6.45, 7) is 0.984. The molecule has 0 fully saturated rings. The molecular formula is C13H17ClN4O2. The molecule has 0 aliphatic rings. The van der Waals surface area contributed by atoms with E-state index in [2.05, 4.69) is 15.5 Å². The fraction of sp³-hybridized carbons (Fsp3) is 0.385. The number of methoxy groups -OCH3 is 1. The Balaban J connectivity index is 2.20. The molecule has 0 saturated heterocycles. The van der Waals surface area contributed by atoms with Crippen LogP contribution in [0.15, 0.2) is 18.5 Å². The standard InChI is InChI=1S/C13H17ClN4O2/c1-15-6-9-4-10(14)13(11(5-9)19-3)20-7-12-17-16-8-18(12)2/h4-5,8,15H,6-7H2,1-3H3. The first-order valence-corrected chi connectivity index (χ1v) is 6.50. The smallest absolute Gasteiger partial charge is 0.180 e. The molecule has 6 nitrogen and oxygen atoms in total. The largest absolute Gasteiger partial charge is 0.493 e. The maximum Gasteiger partial charge on any atom is 0.180 e. The summed E-state index contributed by atoms with van der Waals surface area (Å²) in [5.41, 5.74) is 1.03. The first-order chi connectivity index (χ1) is 9.65. The van der Waals surface area contributed by atoms with E-state index in [0.29, 0.717) is 28.9 Å². The van der Waals surface area contributed by atoms with Gasteiger partial charge in [-0.3, -0.25) is 0 Å². The highest BCUT2D eigenvalue weighted by molar-refractivity contribution is 6.32. The van der Waals surface area contributed by atoms with Crippen molar-refractivity contribution >= 4 is 11.6 Å². The number of aryl methyl sites for hydroxylation is 1. The predicted octanol–water partition coefficient (Wildman–Crippen LogP) is 1.78. The number of aromatic nitrogens is 3. The van der Waals surface area contributed by atoms with Gasteiger partial charge >= 0.3 is 0 Å². The second-order valence-electron chi connectivity index (χ2n) is 4.29. The van der Waals surface area contributed by atoms with E-state index in [0.717, 1.165) is 5.56 Å². The zero-order valence-electron chi connectivity index (χ0n) is 11.7. The van der Waals surface area contributed by atoms with Gasteiger partial charge in [0.05, 0.1) is 12.1 Å². The molecule has 2 aromatic rings. The number of benzene rings is 1. The third-order valence-corrected chi connectivity index (χ3v) is 3.10. The maximum absolute atomic E-state index is 6.25. The molecule has 0 unspecified atom stereocenters. The van der Waals surface area contributed by atoms with Gasteiger partial charge in [0.1, 0.15) is 12.9 Å². The van der Waals surface area contributed by atoms with Crippen LogP contribution in [-0.2, 0) is 20.2 Å². The summed E-state index contributed by atoms with van der Waals surface area (Å²) in [7, 11) is 5.32. The molecule has 0 aliphatic heterocycles. The van der Waals surface area contributed by atoms with E-state index in [-0.39, 0.29) is 6.61 Å². The minimum atomic E-state index is 0.276. The lowest BCUT2D eigenvalue weighted by Crippen LogP contribution is -2.07. The van der Waals surface area contributed by atoms with Crippen LogP contribution < -0.4 is 14.8 Å². The van der Waals surface area contributed by atoms with E-state index in [9.17, 15) is 0 Å². The lowest BCUT2D eigenvalue weighted by Gasteiger charge is -2.13. The summed E-state index contributed by atoms with van der Waals surface area (Å²) in [5, 5.41) is 11.3. The lowest BCUT2D eigenvalue weighted by atomic mass is 10.2. The van der Waals surface area contributed by atoms with Crippen molar-refractivity contribution in [2.24, 2.45) is 7.05 Å². The molecule has 0 spiro atoms. The van der Waals surface area contributed by atoms with Gasteiger partial charge in [0, 0.05) is 13.6 Å². The quantitative estimate of drug-likeness (QED) is 0.880. The Morgan fingerprint density at radius 2 is 2.20 bits per heavy atom. The summed E-state index contributed by atoms with van der Waals surface area (Å²) < 4.78 is 12.8. The Labute approximate surface area is 122 Å². The van der Waals surface area contributed by atoms with E-state index in [1.165, 1.54) is 0 Å². The number of hydrogen-bond donors (Lipinski definition) is 1. The summed E-state index contributed by atoms with van der Waals surface area (Å²) in [6, 6.07) is 3.75. The number of hydrogen-bond acceptors (Lipinski definition) is 5. The van der Waals surface area contributed by atoms with Gasteiger partial charge in [-0.25, -0.2) is 0 Å². The van der Waals surface area contributed by atoms with Crippen LogP contribution in [0, 0.1) is 0 Å². The molecule has 0 amide bonds. The minimum absolute atomic E-state index is 0.276. The fourth-order valence-electron chi connectivity index (χ4n) is 1.79. The van der Waals surface area contributed by atoms with Gasteiger partial charge in [0.2, 0.25) is 0 Å². The molecule has 0 bridgehead atoms. The number of nitrogens with one attached hydrogen (secondary N) is 1. The van der Waals surface area contributed by atoms with Crippen molar-refractivity contribution < 1.29 is 9.47 Å². The van der Waals surface area contributed by atoms with Crippen LogP contribution in [0.5, 0.6) is 11.5 Å². The molecule has 0 saturated carbocycles. The summed E-state index contributed by atoms with van der Waals surface area (Å²) in [4.78, 5) is 0. The molecular weight excluding hydrogens is 280 g/mol. The van der Waals surface area contributed by atoms with Crippen molar-refractivity contribution in [2.75, 3.05) is 14.2 Å². The van der Waals surface area contributed by atoms with E-state index >= 15 is 0 Å². The Hall–Kier alpha value is -1.79. The van der Waals surface area contributed by atoms with Crippen LogP contribution in [0.2, 0.25) is 5.02 Å². The molecule has 0 radical (unpaired) electrons. The molecule has 2 rings (SSSR count). The molecule has 1 aromatic carbocycles. The van der Waals surface area contributed by atoms with Gasteiger partial charge in [0.15, 0.2) is 17.3 Å². The minimum Gasteiger partial charge on any atom is -0.493 e. The van der Waals surface area contributed by atoms with Crippen LogP contribution in [0.4, 0.5) is 0 Å². The fourth-order valence-corrected chi connectivity index (χ4v) is 2.08. The van der Waals surface area contributed by atoms with Gasteiger partial charge in [-0.2, -0.15) is 0 Å².